The fourth-order valence-corrected chi connectivity index (χ4v) is 0.637. The lowest BCUT2D eigenvalue weighted by Crippen LogP contribution is -2.24. The van der Waals surface area contributed by atoms with Crippen LogP contribution in [0, 0.1) is 0 Å². The van der Waals surface area contributed by atoms with E-state index >= 15 is 0 Å². The van der Waals surface area contributed by atoms with E-state index in [1.807, 2.05) is 0 Å². The Morgan fingerprint density at radius 1 is 1.42 bits per heavy atom. The molecule has 1 amide bonds. The van der Waals surface area contributed by atoms with Crippen LogP contribution in [0.3, 0.4) is 0 Å². The summed E-state index contributed by atoms with van der Waals surface area (Å²) in [4.78, 5) is 21.2. The van der Waals surface area contributed by atoms with Crippen LogP contribution in [0.15, 0.2) is 11.3 Å². The Labute approximate surface area is 78.8 Å². The Balaban J connectivity index is 4.37. The van der Waals surface area contributed by atoms with Gasteiger partial charge in [0.25, 0.3) is 0 Å². The van der Waals surface area contributed by atoms with Gasteiger partial charge in [0, 0.05) is 5.70 Å². The molecule has 0 unspecified atom stereocenters. The van der Waals surface area contributed by atoms with Gasteiger partial charge in [0.05, 0.1) is 10.9 Å². The zero-order chi connectivity index (χ0) is 9.72. The second-order valence-corrected chi connectivity index (χ2v) is 2.80. The average Bonchev–Trinajstić information content (AvgIpc) is 2.02. The maximum absolute atomic E-state index is 10.8. The summed E-state index contributed by atoms with van der Waals surface area (Å²) in [7, 11) is 0. The summed E-state index contributed by atoms with van der Waals surface area (Å²) >= 11 is 2.95. The van der Waals surface area contributed by atoms with Crippen molar-refractivity contribution in [2.75, 3.05) is 5.33 Å². The van der Waals surface area contributed by atoms with Crippen molar-refractivity contribution < 1.29 is 14.7 Å². The molecule has 0 atom stereocenters. The topological polar surface area (TPSA) is 66.4 Å². The number of aliphatic carboxylic acids is 1. The van der Waals surface area contributed by atoms with Gasteiger partial charge >= 0.3 is 5.97 Å². The summed E-state index contributed by atoms with van der Waals surface area (Å²) in [5.74, 6) is -1.28. The summed E-state index contributed by atoms with van der Waals surface area (Å²) in [5.41, 5.74) is 0.510. The first kappa shape index (κ1) is 11.2. The summed E-state index contributed by atoms with van der Waals surface area (Å²) in [6.45, 7) is 2.98. The van der Waals surface area contributed by atoms with Crippen molar-refractivity contribution in [3.05, 3.63) is 11.3 Å². The molecule has 0 aromatic rings. The fraction of sp³-hybridized carbons (Fsp3) is 0.429. The largest absolute Gasteiger partial charge is 0.478 e. The van der Waals surface area contributed by atoms with Gasteiger partial charge in [0.2, 0.25) is 5.91 Å². The lowest BCUT2D eigenvalue weighted by Gasteiger charge is -2.04. The molecule has 0 aliphatic carbocycles. The van der Waals surface area contributed by atoms with Crippen LogP contribution in [-0.4, -0.2) is 22.3 Å². The monoisotopic (exact) mass is 235 g/mol. The SMILES string of the molecule is CC(NC(=O)CBr)=C(C)C(=O)O. The number of allylic oxidation sites excluding steroid dienone is 1. The van der Waals surface area contributed by atoms with Gasteiger partial charge in [-0.15, -0.1) is 0 Å². The molecule has 5 heteroatoms. The molecule has 2 N–H and O–H groups in total. The van der Waals surface area contributed by atoms with Crippen LogP contribution in [-0.2, 0) is 9.59 Å². The zero-order valence-corrected chi connectivity index (χ0v) is 8.43. The molecule has 0 spiro atoms. The Bertz CT molecular complexity index is 235. The van der Waals surface area contributed by atoms with Crippen LogP contribution >= 0.6 is 15.9 Å². The maximum Gasteiger partial charge on any atom is 0.333 e. The molecule has 0 saturated carbocycles. The Hall–Kier alpha value is -0.840. The van der Waals surface area contributed by atoms with E-state index in [0.29, 0.717) is 5.70 Å². The molecule has 0 rings (SSSR count). The number of hydrogen-bond acceptors (Lipinski definition) is 2. The van der Waals surface area contributed by atoms with Crippen molar-refractivity contribution in [1.29, 1.82) is 0 Å². The molecule has 0 radical (unpaired) electrons. The lowest BCUT2D eigenvalue weighted by atomic mass is 10.2. The molecule has 0 aromatic heterocycles. The summed E-state index contributed by atoms with van der Waals surface area (Å²) in [6.07, 6.45) is 0. The van der Waals surface area contributed by atoms with E-state index in [2.05, 4.69) is 21.2 Å². The van der Waals surface area contributed by atoms with Crippen LogP contribution in [0.2, 0.25) is 0 Å². The normalized spacial score (nSPS) is 11.9. The Morgan fingerprint density at radius 3 is 2.25 bits per heavy atom. The number of halogens is 1. The minimum Gasteiger partial charge on any atom is -0.478 e. The molecular weight excluding hydrogens is 226 g/mol. The second kappa shape index (κ2) is 4.92. The highest BCUT2D eigenvalue weighted by atomic mass is 79.9. The van der Waals surface area contributed by atoms with E-state index in [1.165, 1.54) is 6.92 Å². The van der Waals surface area contributed by atoms with Crippen molar-refractivity contribution >= 4 is 27.8 Å². The van der Waals surface area contributed by atoms with Gasteiger partial charge in [0.15, 0.2) is 0 Å². The molecule has 0 aliphatic rings. The molecule has 0 fully saturated rings. The predicted molar refractivity (Wildman–Crippen MR) is 47.9 cm³/mol. The van der Waals surface area contributed by atoms with Crippen molar-refractivity contribution in [2.24, 2.45) is 0 Å². The first-order chi connectivity index (χ1) is 5.49. The van der Waals surface area contributed by atoms with E-state index < -0.39 is 5.97 Å². The number of rotatable bonds is 3. The molecule has 0 saturated heterocycles. The minimum absolute atomic E-state index is 0.143. The lowest BCUT2D eigenvalue weighted by molar-refractivity contribution is -0.132. The smallest absolute Gasteiger partial charge is 0.333 e. The van der Waals surface area contributed by atoms with Crippen LogP contribution in [0.4, 0.5) is 0 Å². The van der Waals surface area contributed by atoms with Crippen LogP contribution in [0.25, 0.3) is 0 Å². The number of hydrogen-bond donors (Lipinski definition) is 2. The van der Waals surface area contributed by atoms with Crippen molar-refractivity contribution in [1.82, 2.24) is 5.32 Å². The van der Waals surface area contributed by atoms with E-state index in [-0.39, 0.29) is 16.8 Å². The quantitative estimate of drug-likeness (QED) is 0.564. The molecule has 0 bridgehead atoms. The summed E-state index contributed by atoms with van der Waals surface area (Å²) in [5, 5.41) is 11.1. The van der Waals surface area contributed by atoms with E-state index in [9.17, 15) is 9.59 Å². The predicted octanol–water partition coefficient (Wildman–Crippen LogP) is 0.876. The molecule has 0 aliphatic heterocycles. The highest BCUT2D eigenvalue weighted by Crippen LogP contribution is 1.99. The van der Waals surface area contributed by atoms with E-state index in [4.69, 9.17) is 5.11 Å². The van der Waals surface area contributed by atoms with Gasteiger partial charge in [-0.05, 0) is 13.8 Å². The first-order valence-corrected chi connectivity index (χ1v) is 4.37. The number of alkyl halides is 1. The van der Waals surface area contributed by atoms with Gasteiger partial charge in [0.1, 0.15) is 0 Å². The number of carbonyl (C=O) groups is 2. The van der Waals surface area contributed by atoms with Crippen molar-refractivity contribution in [3.63, 3.8) is 0 Å². The zero-order valence-electron chi connectivity index (χ0n) is 6.85. The standard InChI is InChI=1S/C7H10BrNO3/c1-4(7(11)12)5(2)9-6(10)3-8/h3H2,1-2H3,(H,9,10)(H,11,12). The van der Waals surface area contributed by atoms with Crippen molar-refractivity contribution in [2.45, 2.75) is 13.8 Å². The molecule has 0 aromatic carbocycles. The van der Waals surface area contributed by atoms with Gasteiger partial charge in [-0.1, -0.05) is 15.9 Å². The Morgan fingerprint density at radius 2 is 1.92 bits per heavy atom. The summed E-state index contributed by atoms with van der Waals surface area (Å²) in [6, 6.07) is 0. The van der Waals surface area contributed by atoms with Gasteiger partial charge in [-0.2, -0.15) is 0 Å². The third-order valence-corrected chi connectivity index (χ3v) is 1.84. The van der Waals surface area contributed by atoms with E-state index in [1.54, 1.807) is 6.92 Å². The van der Waals surface area contributed by atoms with Gasteiger partial charge in [-0.3, -0.25) is 4.79 Å². The Kier molecular flexibility index (Phi) is 4.58. The molecular formula is C7H10BrNO3. The molecule has 0 heterocycles. The van der Waals surface area contributed by atoms with Crippen LogP contribution < -0.4 is 5.32 Å². The minimum atomic E-state index is -1.03. The summed E-state index contributed by atoms with van der Waals surface area (Å²) < 4.78 is 0. The molecule has 68 valence electrons. The molecule has 12 heavy (non-hydrogen) atoms. The average molecular weight is 236 g/mol. The fourth-order valence-electron chi connectivity index (χ4n) is 0.497. The van der Waals surface area contributed by atoms with Gasteiger partial charge < -0.3 is 10.4 Å². The van der Waals surface area contributed by atoms with E-state index in [0.717, 1.165) is 0 Å². The number of amides is 1. The number of carboxylic acid groups (broad SMARTS) is 1. The number of nitrogens with one attached hydrogen (secondary N) is 1. The maximum atomic E-state index is 10.8. The van der Waals surface area contributed by atoms with Crippen LogP contribution in [0.5, 0.6) is 0 Å². The number of carbonyl (C=O) groups excluding carboxylic acids is 1. The van der Waals surface area contributed by atoms with Crippen molar-refractivity contribution in [3.8, 4) is 0 Å². The highest BCUT2D eigenvalue weighted by molar-refractivity contribution is 9.09. The highest BCUT2D eigenvalue weighted by Gasteiger charge is 2.06. The first-order valence-electron chi connectivity index (χ1n) is 3.25. The third kappa shape index (κ3) is 3.52. The van der Waals surface area contributed by atoms with Crippen LogP contribution in [0.1, 0.15) is 13.8 Å². The molecule has 4 nitrogen and oxygen atoms in total. The van der Waals surface area contributed by atoms with Gasteiger partial charge in [-0.25, -0.2) is 4.79 Å². The second-order valence-electron chi connectivity index (χ2n) is 2.24. The number of carboxylic acids is 1. The third-order valence-electron chi connectivity index (χ3n) is 1.33.